The Kier molecular flexibility index (Phi) is 6.21. The number of ketones is 1. The molecule has 2 aliphatic rings. The molecule has 0 atom stereocenters. The fraction of sp³-hybridized carbons (Fsp3) is 0.481. The number of anilines is 1. The lowest BCUT2D eigenvalue weighted by Crippen LogP contribution is -2.42. The van der Waals surface area contributed by atoms with Gasteiger partial charge in [-0.15, -0.1) is 0 Å². The van der Waals surface area contributed by atoms with E-state index in [0.717, 1.165) is 66.2 Å². The van der Waals surface area contributed by atoms with Gasteiger partial charge in [-0.1, -0.05) is 6.07 Å². The Morgan fingerprint density at radius 1 is 1.00 bits per heavy atom. The first-order chi connectivity index (χ1) is 16.8. The maximum Gasteiger partial charge on any atom is 0.407 e. The van der Waals surface area contributed by atoms with E-state index >= 15 is 0 Å². The minimum atomic E-state index is -0.509. The summed E-state index contributed by atoms with van der Waals surface area (Å²) in [5, 5.41) is 14.6. The number of amides is 1. The van der Waals surface area contributed by atoms with Crippen LogP contribution in [-0.4, -0.2) is 44.7 Å². The molecule has 0 aliphatic heterocycles. The number of carbonyl (C=O) groups is 2. The molecule has 2 aromatic heterocycles. The highest BCUT2D eigenvalue weighted by Gasteiger charge is 2.33. The number of benzene rings is 1. The Morgan fingerprint density at radius 2 is 1.74 bits per heavy atom. The van der Waals surface area contributed by atoms with Crippen LogP contribution < -0.4 is 10.6 Å². The molecule has 0 radical (unpaired) electrons. The van der Waals surface area contributed by atoms with E-state index in [9.17, 15) is 9.59 Å². The molecule has 0 spiro atoms. The van der Waals surface area contributed by atoms with Crippen molar-refractivity contribution < 1.29 is 14.3 Å². The van der Waals surface area contributed by atoms with Gasteiger partial charge in [-0.05, 0) is 77.0 Å². The zero-order valence-corrected chi connectivity index (χ0v) is 20.6. The molecule has 2 fully saturated rings. The van der Waals surface area contributed by atoms with E-state index in [1.165, 1.54) is 0 Å². The van der Waals surface area contributed by atoms with Crippen molar-refractivity contribution in [3.8, 4) is 11.1 Å². The average Bonchev–Trinajstić information content (AvgIpc) is 3.52. The number of aromatic nitrogens is 3. The summed E-state index contributed by atoms with van der Waals surface area (Å²) < 4.78 is 5.41. The fourth-order valence-corrected chi connectivity index (χ4v) is 4.75. The van der Waals surface area contributed by atoms with Crippen LogP contribution in [0.15, 0.2) is 36.8 Å². The van der Waals surface area contributed by atoms with Crippen molar-refractivity contribution in [1.82, 2.24) is 20.5 Å². The standard InChI is InChI=1S/C27H33N5O3/c1-27(2,3)35-26(34)32-20-9-7-19(8-10-20)31-24-21-12-17(18-13-29-30-14-18)6-11-23(21)28-15-22(24)25(33)16-4-5-16/h6,11-16,19-20H,4-5,7-10H2,1-3H3,(H,28,31)(H,29,30)(H,32,34). The number of Topliss-reactive ketones (excluding diaryl/α,β-unsaturated/α-hetero) is 1. The van der Waals surface area contributed by atoms with E-state index < -0.39 is 5.60 Å². The second kappa shape index (κ2) is 9.32. The molecule has 0 unspecified atom stereocenters. The van der Waals surface area contributed by atoms with Crippen LogP contribution in [0.4, 0.5) is 10.5 Å². The largest absolute Gasteiger partial charge is 0.444 e. The van der Waals surface area contributed by atoms with Gasteiger partial charge in [0, 0.05) is 41.3 Å². The summed E-state index contributed by atoms with van der Waals surface area (Å²) in [7, 11) is 0. The molecule has 0 saturated heterocycles. The quantitative estimate of drug-likeness (QED) is 0.408. The van der Waals surface area contributed by atoms with Crippen LogP contribution >= 0.6 is 0 Å². The van der Waals surface area contributed by atoms with Crippen LogP contribution in [0.3, 0.4) is 0 Å². The van der Waals surface area contributed by atoms with Gasteiger partial charge >= 0.3 is 6.09 Å². The monoisotopic (exact) mass is 475 g/mol. The number of pyridine rings is 1. The number of hydrogen-bond donors (Lipinski definition) is 3. The van der Waals surface area contributed by atoms with Crippen molar-refractivity contribution in [2.24, 2.45) is 5.92 Å². The van der Waals surface area contributed by atoms with Gasteiger partial charge in [-0.2, -0.15) is 5.10 Å². The Morgan fingerprint density at radius 3 is 2.40 bits per heavy atom. The molecule has 35 heavy (non-hydrogen) atoms. The summed E-state index contributed by atoms with van der Waals surface area (Å²) in [5.74, 6) is 0.288. The number of alkyl carbamates (subject to hydrolysis) is 1. The molecule has 3 N–H and O–H groups in total. The highest BCUT2D eigenvalue weighted by atomic mass is 16.6. The topological polar surface area (TPSA) is 109 Å². The SMILES string of the molecule is CC(C)(C)OC(=O)NC1CCC(Nc2c(C(=O)C3CC3)cnc3ccc(-c4cn[nH]c4)cc23)CC1. The first-order valence-corrected chi connectivity index (χ1v) is 12.5. The lowest BCUT2D eigenvalue weighted by Gasteiger charge is -2.31. The lowest BCUT2D eigenvalue weighted by molar-refractivity contribution is 0.0492. The number of nitrogens with zero attached hydrogens (tertiary/aromatic N) is 2. The van der Waals surface area contributed by atoms with Crippen molar-refractivity contribution in [3.63, 3.8) is 0 Å². The summed E-state index contributed by atoms with van der Waals surface area (Å²) in [4.78, 5) is 29.9. The van der Waals surface area contributed by atoms with Crippen molar-refractivity contribution >= 4 is 28.5 Å². The molecule has 2 saturated carbocycles. The predicted octanol–water partition coefficient (Wildman–Crippen LogP) is 5.47. The molecule has 2 aliphatic carbocycles. The second-order valence-corrected chi connectivity index (χ2v) is 10.7. The maximum absolute atomic E-state index is 13.2. The van der Waals surface area contributed by atoms with E-state index in [1.54, 1.807) is 12.4 Å². The number of rotatable bonds is 6. The van der Waals surface area contributed by atoms with Gasteiger partial charge < -0.3 is 15.4 Å². The van der Waals surface area contributed by atoms with Gasteiger partial charge in [0.05, 0.1) is 23.0 Å². The van der Waals surface area contributed by atoms with Crippen molar-refractivity contribution in [1.29, 1.82) is 0 Å². The molecule has 1 amide bonds. The summed E-state index contributed by atoms with van der Waals surface area (Å²) in [6.07, 6.45) is 10.4. The Hall–Kier alpha value is -3.42. The highest BCUT2D eigenvalue weighted by Crippen LogP contribution is 2.38. The molecule has 8 heteroatoms. The summed E-state index contributed by atoms with van der Waals surface area (Å²) in [5.41, 5.74) is 3.92. The molecular formula is C27H33N5O3. The van der Waals surface area contributed by atoms with E-state index in [1.807, 2.05) is 39.1 Å². The molecule has 2 heterocycles. The summed E-state index contributed by atoms with van der Waals surface area (Å²) in [6, 6.07) is 6.42. The van der Waals surface area contributed by atoms with Crippen molar-refractivity contribution in [3.05, 3.63) is 42.4 Å². The number of carbonyl (C=O) groups excluding carboxylic acids is 2. The number of fused-ring (bicyclic) bond motifs is 1. The van der Waals surface area contributed by atoms with Crippen LogP contribution in [0.1, 0.15) is 69.7 Å². The zero-order chi connectivity index (χ0) is 24.6. The van der Waals surface area contributed by atoms with Crippen LogP contribution in [-0.2, 0) is 4.74 Å². The normalized spacial score (nSPS) is 20.4. The third-order valence-corrected chi connectivity index (χ3v) is 6.71. The molecule has 3 aromatic rings. The number of nitrogens with one attached hydrogen (secondary N) is 3. The Balaban J connectivity index is 1.37. The van der Waals surface area contributed by atoms with E-state index in [-0.39, 0.29) is 29.9 Å². The van der Waals surface area contributed by atoms with Crippen LogP contribution in [0.2, 0.25) is 0 Å². The van der Waals surface area contributed by atoms with Gasteiger partial charge in [0.25, 0.3) is 0 Å². The van der Waals surface area contributed by atoms with Crippen LogP contribution in [0.5, 0.6) is 0 Å². The zero-order valence-electron chi connectivity index (χ0n) is 20.6. The van der Waals surface area contributed by atoms with Gasteiger partial charge in [-0.25, -0.2) is 4.79 Å². The summed E-state index contributed by atoms with van der Waals surface area (Å²) in [6.45, 7) is 5.60. The number of ether oxygens (including phenoxy) is 1. The molecule has 8 nitrogen and oxygen atoms in total. The van der Waals surface area contributed by atoms with Crippen LogP contribution in [0.25, 0.3) is 22.0 Å². The minimum absolute atomic E-state index is 0.0948. The molecule has 184 valence electrons. The van der Waals surface area contributed by atoms with Crippen LogP contribution in [0, 0.1) is 5.92 Å². The average molecular weight is 476 g/mol. The number of hydrogen-bond acceptors (Lipinski definition) is 6. The lowest BCUT2D eigenvalue weighted by atomic mass is 9.90. The van der Waals surface area contributed by atoms with E-state index in [2.05, 4.69) is 31.9 Å². The Labute approximate surface area is 205 Å². The second-order valence-electron chi connectivity index (χ2n) is 10.7. The first kappa shape index (κ1) is 23.3. The van der Waals surface area contributed by atoms with Gasteiger partial charge in [0.1, 0.15) is 5.60 Å². The smallest absolute Gasteiger partial charge is 0.407 e. The Bertz CT molecular complexity index is 1220. The molecular weight excluding hydrogens is 442 g/mol. The van der Waals surface area contributed by atoms with E-state index in [0.29, 0.717) is 5.56 Å². The van der Waals surface area contributed by atoms with Gasteiger partial charge in [0.15, 0.2) is 5.78 Å². The molecule has 1 aromatic carbocycles. The molecule has 5 rings (SSSR count). The fourth-order valence-electron chi connectivity index (χ4n) is 4.75. The van der Waals surface area contributed by atoms with E-state index in [4.69, 9.17) is 4.74 Å². The van der Waals surface area contributed by atoms with Gasteiger partial charge in [-0.3, -0.25) is 14.9 Å². The van der Waals surface area contributed by atoms with Gasteiger partial charge in [0.2, 0.25) is 0 Å². The van der Waals surface area contributed by atoms with Crippen molar-refractivity contribution in [2.75, 3.05) is 5.32 Å². The third kappa shape index (κ3) is 5.47. The third-order valence-electron chi connectivity index (χ3n) is 6.71. The van der Waals surface area contributed by atoms with Crippen molar-refractivity contribution in [2.45, 2.75) is 77.0 Å². The predicted molar refractivity (Wildman–Crippen MR) is 135 cm³/mol. The highest BCUT2D eigenvalue weighted by molar-refractivity contribution is 6.10. The first-order valence-electron chi connectivity index (χ1n) is 12.5. The summed E-state index contributed by atoms with van der Waals surface area (Å²) >= 11 is 0. The maximum atomic E-state index is 13.2. The number of H-pyrrole nitrogens is 1. The minimum Gasteiger partial charge on any atom is -0.444 e. The molecule has 0 bridgehead atoms. The number of aromatic amines is 1.